The van der Waals surface area contributed by atoms with Crippen molar-refractivity contribution in [2.75, 3.05) is 25.6 Å². The Labute approximate surface area is 148 Å². The molecule has 2 amide bonds. The summed E-state index contributed by atoms with van der Waals surface area (Å²) in [6.45, 7) is 3.42. The van der Waals surface area contributed by atoms with Crippen LogP contribution in [0.4, 0.5) is 0 Å². The largest absolute Gasteiger partial charge is 0.484 e. The quantitative estimate of drug-likeness (QED) is 0.766. The van der Waals surface area contributed by atoms with Crippen molar-refractivity contribution in [2.45, 2.75) is 38.6 Å². The maximum Gasteiger partial charge on any atom is 0.258 e. The number of amides is 2. The standard InChI is InChI=1S/C18H25ClN2O3/c1-2-3-14-4-6-16(7-5-14)24-13-17(22)20-15-8-10-21(11-9-15)18(23)12-19/h4-7,15H,2-3,8-13H2,1H3,(H,20,22). The molecule has 1 aliphatic heterocycles. The lowest BCUT2D eigenvalue weighted by atomic mass is 10.1. The lowest BCUT2D eigenvalue weighted by Gasteiger charge is -2.32. The third kappa shape index (κ3) is 5.71. The predicted octanol–water partition coefficient (Wildman–Crippen LogP) is 2.36. The minimum absolute atomic E-state index is 0.00789. The van der Waals surface area contributed by atoms with Crippen molar-refractivity contribution in [1.29, 1.82) is 0 Å². The van der Waals surface area contributed by atoms with Crippen LogP contribution in [0, 0.1) is 0 Å². The Morgan fingerprint density at radius 1 is 1.25 bits per heavy atom. The highest BCUT2D eigenvalue weighted by Crippen LogP contribution is 2.14. The minimum atomic E-state index is -0.130. The van der Waals surface area contributed by atoms with E-state index >= 15 is 0 Å². The van der Waals surface area contributed by atoms with Gasteiger partial charge in [0, 0.05) is 19.1 Å². The Morgan fingerprint density at radius 2 is 1.92 bits per heavy atom. The third-order valence-electron chi connectivity index (χ3n) is 4.16. The maximum atomic E-state index is 12.0. The number of carbonyl (C=O) groups excluding carboxylic acids is 2. The number of piperidine rings is 1. The molecule has 1 aromatic rings. The first-order valence-corrected chi connectivity index (χ1v) is 9.00. The van der Waals surface area contributed by atoms with Gasteiger partial charge in [-0.1, -0.05) is 25.5 Å². The number of hydrogen-bond acceptors (Lipinski definition) is 3. The summed E-state index contributed by atoms with van der Waals surface area (Å²) in [6.07, 6.45) is 3.66. The highest BCUT2D eigenvalue weighted by molar-refractivity contribution is 6.27. The number of aryl methyl sites for hydroxylation is 1. The molecule has 132 valence electrons. The van der Waals surface area contributed by atoms with E-state index in [1.807, 2.05) is 24.3 Å². The van der Waals surface area contributed by atoms with Gasteiger partial charge in [-0.15, -0.1) is 11.6 Å². The summed E-state index contributed by atoms with van der Waals surface area (Å²) >= 11 is 5.56. The molecule has 5 nitrogen and oxygen atoms in total. The molecule has 24 heavy (non-hydrogen) atoms. The molecule has 0 unspecified atom stereocenters. The molecule has 1 N–H and O–H groups in total. The van der Waals surface area contributed by atoms with Gasteiger partial charge in [0.1, 0.15) is 11.6 Å². The summed E-state index contributed by atoms with van der Waals surface area (Å²) in [5, 5.41) is 2.96. The molecule has 0 radical (unpaired) electrons. The number of hydrogen-bond donors (Lipinski definition) is 1. The van der Waals surface area contributed by atoms with Crippen molar-refractivity contribution in [3.63, 3.8) is 0 Å². The first-order chi connectivity index (χ1) is 11.6. The number of alkyl halides is 1. The van der Waals surface area contributed by atoms with Crippen LogP contribution >= 0.6 is 11.6 Å². The van der Waals surface area contributed by atoms with Gasteiger partial charge in [0.05, 0.1) is 0 Å². The Bertz CT molecular complexity index is 540. The summed E-state index contributed by atoms with van der Waals surface area (Å²) < 4.78 is 5.53. The van der Waals surface area contributed by atoms with Crippen LogP contribution < -0.4 is 10.1 Å². The number of halogens is 1. The van der Waals surface area contributed by atoms with E-state index in [0.717, 1.165) is 25.7 Å². The van der Waals surface area contributed by atoms with Gasteiger partial charge in [-0.3, -0.25) is 9.59 Å². The summed E-state index contributed by atoms with van der Waals surface area (Å²) in [4.78, 5) is 25.2. The molecule has 0 saturated carbocycles. The number of rotatable bonds is 7. The topological polar surface area (TPSA) is 58.6 Å². The average Bonchev–Trinajstić information content (AvgIpc) is 2.61. The molecule has 0 atom stereocenters. The van der Waals surface area contributed by atoms with Crippen molar-refractivity contribution < 1.29 is 14.3 Å². The number of carbonyl (C=O) groups is 2. The van der Waals surface area contributed by atoms with Crippen LogP contribution in [0.3, 0.4) is 0 Å². The second kappa shape index (κ2) is 9.52. The fraction of sp³-hybridized carbons (Fsp3) is 0.556. The number of likely N-dealkylation sites (tertiary alicyclic amines) is 1. The molecular formula is C18H25ClN2O3. The number of nitrogens with zero attached hydrogens (tertiary/aromatic N) is 1. The molecule has 1 fully saturated rings. The fourth-order valence-corrected chi connectivity index (χ4v) is 2.99. The van der Waals surface area contributed by atoms with Crippen molar-refractivity contribution in [2.24, 2.45) is 0 Å². The zero-order valence-electron chi connectivity index (χ0n) is 14.1. The lowest BCUT2D eigenvalue weighted by Crippen LogP contribution is -2.47. The van der Waals surface area contributed by atoms with Crippen LogP contribution in [0.15, 0.2) is 24.3 Å². The molecule has 1 aromatic carbocycles. The molecule has 6 heteroatoms. The molecule has 0 aliphatic carbocycles. The van der Waals surface area contributed by atoms with Crippen molar-refractivity contribution in [1.82, 2.24) is 10.2 Å². The lowest BCUT2D eigenvalue weighted by molar-refractivity contribution is -0.129. The molecule has 0 bridgehead atoms. The minimum Gasteiger partial charge on any atom is -0.484 e. The first kappa shape index (κ1) is 18.6. The number of nitrogens with one attached hydrogen (secondary N) is 1. The Balaban J connectivity index is 1.69. The molecule has 0 aromatic heterocycles. The number of ether oxygens (including phenoxy) is 1. The van der Waals surface area contributed by atoms with E-state index < -0.39 is 0 Å². The van der Waals surface area contributed by atoms with Gasteiger partial charge >= 0.3 is 0 Å². The van der Waals surface area contributed by atoms with Gasteiger partial charge in [-0.05, 0) is 37.0 Å². The summed E-state index contributed by atoms with van der Waals surface area (Å²) in [5.41, 5.74) is 1.27. The summed E-state index contributed by atoms with van der Waals surface area (Å²) in [6, 6.07) is 7.94. The molecular weight excluding hydrogens is 328 g/mol. The van der Waals surface area contributed by atoms with Gasteiger partial charge in [0.2, 0.25) is 5.91 Å². The molecule has 0 spiro atoms. The van der Waals surface area contributed by atoms with Gasteiger partial charge < -0.3 is 15.0 Å². The third-order valence-corrected chi connectivity index (χ3v) is 4.39. The highest BCUT2D eigenvalue weighted by Gasteiger charge is 2.23. The highest BCUT2D eigenvalue weighted by atomic mass is 35.5. The fourth-order valence-electron chi connectivity index (χ4n) is 2.82. The van der Waals surface area contributed by atoms with Gasteiger partial charge in [0.25, 0.3) is 5.91 Å². The zero-order chi connectivity index (χ0) is 17.4. The van der Waals surface area contributed by atoms with E-state index in [-0.39, 0.29) is 30.3 Å². The monoisotopic (exact) mass is 352 g/mol. The summed E-state index contributed by atoms with van der Waals surface area (Å²) in [7, 11) is 0. The Hall–Kier alpha value is -1.75. The molecule has 1 heterocycles. The molecule has 1 saturated heterocycles. The predicted molar refractivity (Wildman–Crippen MR) is 94.4 cm³/mol. The van der Waals surface area contributed by atoms with Crippen molar-refractivity contribution in [3.8, 4) is 5.75 Å². The Morgan fingerprint density at radius 3 is 2.50 bits per heavy atom. The first-order valence-electron chi connectivity index (χ1n) is 8.47. The average molecular weight is 353 g/mol. The van der Waals surface area contributed by atoms with E-state index in [1.165, 1.54) is 5.56 Å². The second-order valence-corrected chi connectivity index (χ2v) is 6.31. The summed E-state index contributed by atoms with van der Waals surface area (Å²) in [5.74, 6) is 0.542. The Kier molecular flexibility index (Phi) is 7.37. The zero-order valence-corrected chi connectivity index (χ0v) is 14.8. The maximum absolute atomic E-state index is 12.0. The van der Waals surface area contributed by atoms with Gasteiger partial charge in [-0.2, -0.15) is 0 Å². The van der Waals surface area contributed by atoms with Gasteiger partial charge in [0.15, 0.2) is 6.61 Å². The van der Waals surface area contributed by atoms with Crippen LogP contribution in [-0.4, -0.2) is 48.3 Å². The van der Waals surface area contributed by atoms with Crippen molar-refractivity contribution >= 4 is 23.4 Å². The van der Waals surface area contributed by atoms with Crippen LogP contribution in [0.25, 0.3) is 0 Å². The molecule has 2 rings (SSSR count). The smallest absolute Gasteiger partial charge is 0.258 e. The van der Waals surface area contributed by atoms with E-state index in [2.05, 4.69) is 12.2 Å². The van der Waals surface area contributed by atoms with Crippen LogP contribution in [0.5, 0.6) is 5.75 Å². The van der Waals surface area contributed by atoms with Crippen LogP contribution in [0.1, 0.15) is 31.7 Å². The molecule has 1 aliphatic rings. The van der Waals surface area contributed by atoms with Crippen molar-refractivity contribution in [3.05, 3.63) is 29.8 Å². The van der Waals surface area contributed by atoms with E-state index in [9.17, 15) is 9.59 Å². The number of benzene rings is 1. The SMILES string of the molecule is CCCc1ccc(OCC(=O)NC2CCN(C(=O)CCl)CC2)cc1. The van der Waals surface area contributed by atoms with E-state index in [1.54, 1.807) is 4.90 Å². The second-order valence-electron chi connectivity index (χ2n) is 6.04. The van der Waals surface area contributed by atoms with Gasteiger partial charge in [-0.25, -0.2) is 0 Å². The van der Waals surface area contributed by atoms with Crippen LogP contribution in [-0.2, 0) is 16.0 Å². The van der Waals surface area contributed by atoms with Crippen LogP contribution in [0.2, 0.25) is 0 Å². The normalized spacial score (nSPS) is 15.2. The van der Waals surface area contributed by atoms with E-state index in [0.29, 0.717) is 18.8 Å². The van der Waals surface area contributed by atoms with E-state index in [4.69, 9.17) is 16.3 Å².